The fourth-order valence-electron chi connectivity index (χ4n) is 1.66. The predicted octanol–water partition coefficient (Wildman–Crippen LogP) is 2.61. The molecule has 0 fully saturated rings. The molecule has 0 saturated heterocycles. The highest BCUT2D eigenvalue weighted by Gasteiger charge is 2.17. The first-order valence-electron chi connectivity index (χ1n) is 5.19. The lowest BCUT2D eigenvalue weighted by molar-refractivity contribution is -0.117. The first-order chi connectivity index (χ1) is 6.29. The van der Waals surface area contributed by atoms with Crippen molar-refractivity contribution in [2.24, 2.45) is 11.8 Å². The van der Waals surface area contributed by atoms with Crippen LogP contribution in [-0.2, 0) is 9.59 Å². The van der Waals surface area contributed by atoms with Gasteiger partial charge in [0, 0.05) is 12.3 Å². The lowest BCUT2D eigenvalue weighted by Crippen LogP contribution is -2.16. The van der Waals surface area contributed by atoms with E-state index in [1.165, 1.54) is 0 Å². The highest BCUT2D eigenvalue weighted by Crippen LogP contribution is 2.22. The molecule has 2 unspecified atom stereocenters. The molecule has 0 aromatic carbocycles. The molecule has 0 aliphatic carbocycles. The van der Waals surface area contributed by atoms with Crippen molar-refractivity contribution in [3.63, 3.8) is 0 Å². The van der Waals surface area contributed by atoms with Crippen LogP contribution >= 0.6 is 0 Å². The molecule has 0 aromatic heterocycles. The van der Waals surface area contributed by atoms with Crippen molar-refractivity contribution in [1.82, 2.24) is 0 Å². The maximum atomic E-state index is 10.7. The van der Waals surface area contributed by atoms with E-state index < -0.39 is 0 Å². The molecule has 0 N–H and O–H groups in total. The molecular weight excluding hydrogens is 164 g/mol. The minimum atomic E-state index is -0.0472. The third kappa shape index (κ3) is 4.81. The number of unbranched alkanes of at least 4 members (excludes halogenated alkanes) is 1. The summed E-state index contributed by atoms with van der Waals surface area (Å²) in [6.45, 7) is 4.23. The van der Waals surface area contributed by atoms with Crippen LogP contribution in [0.2, 0.25) is 0 Å². The monoisotopic (exact) mass is 184 g/mol. The quantitative estimate of drug-likeness (QED) is 0.543. The van der Waals surface area contributed by atoms with Crippen molar-refractivity contribution < 1.29 is 9.59 Å². The van der Waals surface area contributed by atoms with Crippen molar-refractivity contribution in [1.29, 1.82) is 0 Å². The number of aldehydes is 2. The Kier molecular flexibility index (Phi) is 7.56. The van der Waals surface area contributed by atoms with Gasteiger partial charge in [0.05, 0.1) is 0 Å². The second-order valence-corrected chi connectivity index (χ2v) is 3.51. The smallest absolute Gasteiger partial charge is 0.123 e. The molecule has 0 saturated carbocycles. The van der Waals surface area contributed by atoms with Crippen LogP contribution in [0.4, 0.5) is 0 Å². The fraction of sp³-hybridized carbons (Fsp3) is 0.818. The van der Waals surface area contributed by atoms with E-state index in [1.807, 2.05) is 0 Å². The molecule has 0 bridgehead atoms. The molecule has 2 atom stereocenters. The normalized spacial score (nSPS) is 14.9. The molecule has 0 aromatic rings. The molecule has 0 spiro atoms. The lowest BCUT2D eigenvalue weighted by Gasteiger charge is -2.19. The van der Waals surface area contributed by atoms with Gasteiger partial charge < -0.3 is 9.59 Å². The maximum Gasteiger partial charge on any atom is 0.123 e. The molecule has 2 nitrogen and oxygen atoms in total. The summed E-state index contributed by atoms with van der Waals surface area (Å²) in [6.07, 6.45) is 6.57. The van der Waals surface area contributed by atoms with E-state index in [0.29, 0.717) is 12.3 Å². The van der Waals surface area contributed by atoms with Gasteiger partial charge >= 0.3 is 0 Å². The average Bonchev–Trinajstić information content (AvgIpc) is 2.17. The molecule has 76 valence electrons. The molecule has 0 heterocycles. The Balaban J connectivity index is 3.99. The summed E-state index contributed by atoms with van der Waals surface area (Å²) in [5.74, 6) is 0.358. The van der Waals surface area contributed by atoms with E-state index >= 15 is 0 Å². The van der Waals surface area contributed by atoms with E-state index in [4.69, 9.17) is 0 Å². The molecule has 0 aliphatic heterocycles. The van der Waals surface area contributed by atoms with Gasteiger partial charge in [0.15, 0.2) is 0 Å². The fourth-order valence-corrected chi connectivity index (χ4v) is 1.66. The zero-order chi connectivity index (χ0) is 10.1. The zero-order valence-corrected chi connectivity index (χ0v) is 8.66. The Bertz CT molecular complexity index is 143. The van der Waals surface area contributed by atoms with Gasteiger partial charge in [0.25, 0.3) is 0 Å². The van der Waals surface area contributed by atoms with E-state index in [1.54, 1.807) is 0 Å². The van der Waals surface area contributed by atoms with Gasteiger partial charge in [-0.3, -0.25) is 0 Å². The largest absolute Gasteiger partial charge is 0.303 e. The van der Waals surface area contributed by atoms with Gasteiger partial charge in [-0.1, -0.05) is 33.1 Å². The van der Waals surface area contributed by atoms with Gasteiger partial charge in [0.1, 0.15) is 12.6 Å². The second-order valence-electron chi connectivity index (χ2n) is 3.51. The Labute approximate surface area is 80.7 Å². The van der Waals surface area contributed by atoms with Crippen LogP contribution in [0.3, 0.4) is 0 Å². The number of carbonyl (C=O) groups is 2. The summed E-state index contributed by atoms with van der Waals surface area (Å²) in [5.41, 5.74) is 0. The third-order valence-corrected chi connectivity index (χ3v) is 2.60. The number of carbonyl (C=O) groups excluding carboxylic acids is 2. The van der Waals surface area contributed by atoms with Crippen LogP contribution in [0.1, 0.15) is 46.0 Å². The van der Waals surface area contributed by atoms with E-state index in [0.717, 1.165) is 38.3 Å². The SMILES string of the molecule is CCCCC(CC)C(C=O)CC=O. The summed E-state index contributed by atoms with van der Waals surface area (Å²) < 4.78 is 0. The highest BCUT2D eigenvalue weighted by molar-refractivity contribution is 5.62. The van der Waals surface area contributed by atoms with Crippen LogP contribution in [0.25, 0.3) is 0 Å². The average molecular weight is 184 g/mol. The zero-order valence-electron chi connectivity index (χ0n) is 8.66. The van der Waals surface area contributed by atoms with Crippen molar-refractivity contribution in [3.8, 4) is 0 Å². The van der Waals surface area contributed by atoms with Gasteiger partial charge in [-0.15, -0.1) is 0 Å². The first kappa shape index (κ1) is 12.3. The minimum absolute atomic E-state index is 0.0472. The Morgan fingerprint density at radius 3 is 2.31 bits per heavy atom. The highest BCUT2D eigenvalue weighted by atomic mass is 16.1. The molecular formula is C11H20O2. The number of hydrogen-bond acceptors (Lipinski definition) is 2. The Morgan fingerprint density at radius 2 is 1.92 bits per heavy atom. The number of hydrogen-bond donors (Lipinski definition) is 0. The van der Waals surface area contributed by atoms with Gasteiger partial charge in [-0.25, -0.2) is 0 Å². The molecule has 0 aliphatic rings. The summed E-state index contributed by atoms with van der Waals surface area (Å²) in [7, 11) is 0. The summed E-state index contributed by atoms with van der Waals surface area (Å²) in [5, 5.41) is 0. The Hall–Kier alpha value is -0.660. The summed E-state index contributed by atoms with van der Waals surface area (Å²) >= 11 is 0. The van der Waals surface area contributed by atoms with Crippen LogP contribution < -0.4 is 0 Å². The maximum absolute atomic E-state index is 10.7. The van der Waals surface area contributed by atoms with E-state index in [2.05, 4.69) is 13.8 Å². The van der Waals surface area contributed by atoms with Crippen LogP contribution in [0, 0.1) is 11.8 Å². The van der Waals surface area contributed by atoms with Crippen molar-refractivity contribution >= 4 is 12.6 Å². The first-order valence-corrected chi connectivity index (χ1v) is 5.19. The van der Waals surface area contributed by atoms with Gasteiger partial charge in [-0.2, -0.15) is 0 Å². The molecule has 13 heavy (non-hydrogen) atoms. The Morgan fingerprint density at radius 1 is 1.23 bits per heavy atom. The summed E-state index contributed by atoms with van der Waals surface area (Å²) in [4.78, 5) is 21.0. The van der Waals surface area contributed by atoms with Gasteiger partial charge in [0.2, 0.25) is 0 Å². The number of rotatable bonds is 8. The minimum Gasteiger partial charge on any atom is -0.303 e. The summed E-state index contributed by atoms with van der Waals surface area (Å²) in [6, 6.07) is 0. The van der Waals surface area contributed by atoms with Crippen molar-refractivity contribution in [2.45, 2.75) is 46.0 Å². The van der Waals surface area contributed by atoms with Crippen molar-refractivity contribution in [2.75, 3.05) is 0 Å². The second kappa shape index (κ2) is 7.96. The lowest BCUT2D eigenvalue weighted by atomic mass is 9.85. The third-order valence-electron chi connectivity index (χ3n) is 2.60. The predicted molar refractivity (Wildman–Crippen MR) is 53.5 cm³/mol. The molecule has 0 radical (unpaired) electrons. The van der Waals surface area contributed by atoms with Gasteiger partial charge in [-0.05, 0) is 12.3 Å². The van der Waals surface area contributed by atoms with Crippen LogP contribution in [-0.4, -0.2) is 12.6 Å². The van der Waals surface area contributed by atoms with Crippen molar-refractivity contribution in [3.05, 3.63) is 0 Å². The molecule has 2 heteroatoms. The van der Waals surface area contributed by atoms with Crippen LogP contribution in [0.5, 0.6) is 0 Å². The molecule has 0 amide bonds. The standard InChI is InChI=1S/C11H20O2/c1-3-5-6-10(4-2)11(9-13)7-8-12/h8-11H,3-7H2,1-2H3. The topological polar surface area (TPSA) is 34.1 Å². The van der Waals surface area contributed by atoms with Crippen LogP contribution in [0.15, 0.2) is 0 Å². The molecule has 0 rings (SSSR count). The van der Waals surface area contributed by atoms with E-state index in [-0.39, 0.29) is 5.92 Å². The van der Waals surface area contributed by atoms with E-state index in [9.17, 15) is 9.59 Å².